The van der Waals surface area contributed by atoms with E-state index in [-0.39, 0.29) is 11.4 Å². The molecule has 3 N–H and O–H groups in total. The van der Waals surface area contributed by atoms with Gasteiger partial charge in [0.2, 0.25) is 5.91 Å². The molecule has 0 aliphatic heterocycles. The minimum Gasteiger partial charge on any atom is -0.346 e. The second kappa shape index (κ2) is 4.45. The predicted molar refractivity (Wildman–Crippen MR) is 61.3 cm³/mol. The summed E-state index contributed by atoms with van der Waals surface area (Å²) in [6, 6.07) is 9.35. The van der Waals surface area contributed by atoms with E-state index in [4.69, 9.17) is 5.73 Å². The SMILES string of the molecule is C[C@@H](N)C(=O)NC(C)(C)c1ccccc1. The van der Waals surface area contributed by atoms with E-state index >= 15 is 0 Å². The lowest BCUT2D eigenvalue weighted by Crippen LogP contribution is -2.47. The third-order valence-electron chi connectivity index (χ3n) is 2.34. The molecule has 15 heavy (non-hydrogen) atoms. The average Bonchev–Trinajstić information content (AvgIpc) is 2.18. The summed E-state index contributed by atoms with van der Waals surface area (Å²) in [5.41, 5.74) is 6.19. The zero-order valence-corrected chi connectivity index (χ0v) is 9.45. The van der Waals surface area contributed by atoms with Gasteiger partial charge in [0.1, 0.15) is 0 Å². The lowest BCUT2D eigenvalue weighted by Gasteiger charge is -2.27. The fourth-order valence-electron chi connectivity index (χ4n) is 1.35. The third kappa shape index (κ3) is 3.06. The molecule has 0 aromatic heterocycles. The standard InChI is InChI=1S/C12H18N2O/c1-9(13)11(15)14-12(2,3)10-7-5-4-6-8-10/h4-9H,13H2,1-3H3,(H,14,15)/t9-/m1/s1. The zero-order chi connectivity index (χ0) is 11.5. The molecule has 3 nitrogen and oxygen atoms in total. The second-order valence-electron chi connectivity index (χ2n) is 4.27. The van der Waals surface area contributed by atoms with E-state index in [2.05, 4.69) is 5.32 Å². The Kier molecular flexibility index (Phi) is 3.48. The quantitative estimate of drug-likeness (QED) is 0.785. The first-order valence-corrected chi connectivity index (χ1v) is 5.06. The molecular weight excluding hydrogens is 188 g/mol. The van der Waals surface area contributed by atoms with E-state index in [1.807, 2.05) is 44.2 Å². The summed E-state index contributed by atoms with van der Waals surface area (Å²) in [5, 5.41) is 2.91. The maximum absolute atomic E-state index is 11.5. The zero-order valence-electron chi connectivity index (χ0n) is 9.45. The van der Waals surface area contributed by atoms with Crippen LogP contribution in [0.15, 0.2) is 30.3 Å². The van der Waals surface area contributed by atoms with Crippen LogP contribution in [0.3, 0.4) is 0 Å². The fraction of sp³-hybridized carbons (Fsp3) is 0.417. The van der Waals surface area contributed by atoms with Crippen LogP contribution in [-0.2, 0) is 10.3 Å². The molecule has 0 unspecified atom stereocenters. The third-order valence-corrected chi connectivity index (χ3v) is 2.34. The molecular formula is C12H18N2O. The van der Waals surface area contributed by atoms with Crippen LogP contribution < -0.4 is 11.1 Å². The summed E-state index contributed by atoms with van der Waals surface area (Å²) in [6.45, 7) is 5.60. The van der Waals surface area contributed by atoms with Crippen molar-refractivity contribution in [2.45, 2.75) is 32.4 Å². The van der Waals surface area contributed by atoms with Crippen LogP contribution in [0.4, 0.5) is 0 Å². The van der Waals surface area contributed by atoms with Crippen LogP contribution in [0.2, 0.25) is 0 Å². The van der Waals surface area contributed by atoms with Crippen LogP contribution in [-0.4, -0.2) is 11.9 Å². The molecule has 0 aliphatic rings. The van der Waals surface area contributed by atoms with E-state index < -0.39 is 6.04 Å². The maximum Gasteiger partial charge on any atom is 0.237 e. The first-order chi connectivity index (χ1) is 6.93. The second-order valence-corrected chi connectivity index (χ2v) is 4.27. The van der Waals surface area contributed by atoms with Gasteiger partial charge in [-0.05, 0) is 26.3 Å². The van der Waals surface area contributed by atoms with Crippen molar-refractivity contribution in [1.82, 2.24) is 5.32 Å². The number of rotatable bonds is 3. The number of benzene rings is 1. The number of carbonyl (C=O) groups excluding carboxylic acids is 1. The van der Waals surface area contributed by atoms with Crippen LogP contribution >= 0.6 is 0 Å². The molecule has 3 heteroatoms. The van der Waals surface area contributed by atoms with Crippen molar-refractivity contribution in [3.63, 3.8) is 0 Å². The Labute approximate surface area is 90.7 Å². The van der Waals surface area contributed by atoms with Gasteiger partial charge in [0.15, 0.2) is 0 Å². The molecule has 1 rings (SSSR count). The van der Waals surface area contributed by atoms with Gasteiger partial charge >= 0.3 is 0 Å². The normalized spacial score (nSPS) is 13.3. The Morgan fingerprint density at radius 2 is 1.87 bits per heavy atom. The monoisotopic (exact) mass is 206 g/mol. The van der Waals surface area contributed by atoms with E-state index in [1.165, 1.54) is 0 Å². The minimum atomic E-state index is -0.479. The molecule has 1 aromatic rings. The molecule has 1 amide bonds. The van der Waals surface area contributed by atoms with Crippen LogP contribution in [0.25, 0.3) is 0 Å². The van der Waals surface area contributed by atoms with Crippen molar-refractivity contribution in [2.24, 2.45) is 5.73 Å². The van der Waals surface area contributed by atoms with Crippen molar-refractivity contribution in [2.75, 3.05) is 0 Å². The maximum atomic E-state index is 11.5. The number of amides is 1. The molecule has 0 spiro atoms. The van der Waals surface area contributed by atoms with Gasteiger partial charge in [-0.25, -0.2) is 0 Å². The molecule has 1 atom stereocenters. The number of hydrogen-bond donors (Lipinski definition) is 2. The van der Waals surface area contributed by atoms with Gasteiger partial charge in [0.25, 0.3) is 0 Å². The summed E-state index contributed by atoms with van der Waals surface area (Å²) >= 11 is 0. The van der Waals surface area contributed by atoms with Gasteiger partial charge in [-0.15, -0.1) is 0 Å². The van der Waals surface area contributed by atoms with Gasteiger partial charge in [-0.2, -0.15) is 0 Å². The Morgan fingerprint density at radius 1 is 1.33 bits per heavy atom. The molecule has 82 valence electrons. The van der Waals surface area contributed by atoms with Crippen molar-refractivity contribution in [3.8, 4) is 0 Å². The fourth-order valence-corrected chi connectivity index (χ4v) is 1.35. The Bertz CT molecular complexity index is 331. The highest BCUT2D eigenvalue weighted by Gasteiger charge is 2.23. The summed E-state index contributed by atoms with van der Waals surface area (Å²) in [7, 11) is 0. The van der Waals surface area contributed by atoms with E-state index in [0.29, 0.717) is 0 Å². The molecule has 0 bridgehead atoms. The van der Waals surface area contributed by atoms with Crippen molar-refractivity contribution in [3.05, 3.63) is 35.9 Å². The van der Waals surface area contributed by atoms with Gasteiger partial charge in [0.05, 0.1) is 11.6 Å². The Balaban J connectivity index is 2.80. The van der Waals surface area contributed by atoms with Crippen LogP contribution in [0, 0.1) is 0 Å². The molecule has 0 aliphatic carbocycles. The molecule has 0 fully saturated rings. The van der Waals surface area contributed by atoms with Crippen LogP contribution in [0.1, 0.15) is 26.3 Å². The summed E-state index contributed by atoms with van der Waals surface area (Å²) in [4.78, 5) is 11.5. The lowest BCUT2D eigenvalue weighted by molar-refractivity contribution is -0.123. The molecule has 0 saturated carbocycles. The summed E-state index contributed by atoms with van der Waals surface area (Å²) < 4.78 is 0. The first kappa shape index (κ1) is 11.7. The Morgan fingerprint density at radius 3 is 2.33 bits per heavy atom. The van der Waals surface area contributed by atoms with E-state index in [0.717, 1.165) is 5.56 Å². The minimum absolute atomic E-state index is 0.135. The number of nitrogens with two attached hydrogens (primary N) is 1. The number of nitrogens with one attached hydrogen (secondary N) is 1. The molecule has 0 saturated heterocycles. The topological polar surface area (TPSA) is 55.1 Å². The van der Waals surface area contributed by atoms with Gasteiger partial charge in [-0.3, -0.25) is 4.79 Å². The predicted octanol–water partition coefficient (Wildman–Crippen LogP) is 1.39. The summed E-state index contributed by atoms with van der Waals surface area (Å²) in [6.07, 6.45) is 0. The largest absolute Gasteiger partial charge is 0.346 e. The average molecular weight is 206 g/mol. The van der Waals surface area contributed by atoms with E-state index in [9.17, 15) is 4.79 Å². The molecule has 0 heterocycles. The smallest absolute Gasteiger partial charge is 0.237 e. The highest BCUT2D eigenvalue weighted by Crippen LogP contribution is 2.19. The van der Waals surface area contributed by atoms with Crippen molar-refractivity contribution in [1.29, 1.82) is 0 Å². The lowest BCUT2D eigenvalue weighted by atomic mass is 9.94. The number of hydrogen-bond acceptors (Lipinski definition) is 2. The van der Waals surface area contributed by atoms with Gasteiger partial charge in [-0.1, -0.05) is 30.3 Å². The van der Waals surface area contributed by atoms with Crippen molar-refractivity contribution < 1.29 is 4.79 Å². The molecule has 0 radical (unpaired) electrons. The van der Waals surface area contributed by atoms with Gasteiger partial charge < -0.3 is 11.1 Å². The van der Waals surface area contributed by atoms with E-state index in [1.54, 1.807) is 6.92 Å². The highest BCUT2D eigenvalue weighted by molar-refractivity contribution is 5.81. The first-order valence-electron chi connectivity index (χ1n) is 5.06. The van der Waals surface area contributed by atoms with Crippen LogP contribution in [0.5, 0.6) is 0 Å². The van der Waals surface area contributed by atoms with Gasteiger partial charge in [0, 0.05) is 0 Å². The Hall–Kier alpha value is -1.35. The molecule has 1 aromatic carbocycles. The highest BCUT2D eigenvalue weighted by atomic mass is 16.2. The number of carbonyl (C=O) groups is 1. The summed E-state index contributed by atoms with van der Waals surface area (Å²) in [5.74, 6) is -0.135. The van der Waals surface area contributed by atoms with Crippen molar-refractivity contribution >= 4 is 5.91 Å².